The van der Waals surface area contributed by atoms with Crippen LogP contribution in [0, 0.1) is 0 Å². The molecule has 0 aromatic carbocycles. The van der Waals surface area contributed by atoms with Crippen LogP contribution in [0.2, 0.25) is 18.1 Å². The quantitative estimate of drug-likeness (QED) is 0.421. The van der Waals surface area contributed by atoms with Crippen molar-refractivity contribution in [1.82, 2.24) is 0 Å². The van der Waals surface area contributed by atoms with Crippen LogP contribution in [0.5, 0.6) is 0 Å². The van der Waals surface area contributed by atoms with E-state index in [0.29, 0.717) is 0 Å². The number of hydrogen-bond acceptors (Lipinski definition) is 4. The van der Waals surface area contributed by atoms with Crippen molar-refractivity contribution in [2.45, 2.75) is 78.3 Å². The van der Waals surface area contributed by atoms with Gasteiger partial charge in [0.2, 0.25) is 0 Å². The molecular weight excluding hydrogens is 295 g/mol. The largest absolute Gasteiger partial charge is 0.396 e. The van der Waals surface area contributed by atoms with E-state index in [1.807, 2.05) is 13.1 Å². The minimum atomic E-state index is -3.04. The molecule has 20 heavy (non-hydrogen) atoms. The summed E-state index contributed by atoms with van der Waals surface area (Å²) in [6.45, 7) is 14.5. The molecule has 0 aliphatic rings. The maximum atomic E-state index is 10.6. The molecule has 5 nitrogen and oxygen atoms in total. The lowest BCUT2D eigenvalue weighted by Crippen LogP contribution is -2.44. The van der Waals surface area contributed by atoms with Crippen LogP contribution in [0.25, 0.3) is 0 Å². The van der Waals surface area contributed by atoms with Crippen molar-refractivity contribution in [2.24, 2.45) is 0 Å². The Balaban J connectivity index is 0. The van der Waals surface area contributed by atoms with Crippen molar-refractivity contribution in [1.29, 1.82) is 0 Å². The fourth-order valence-corrected chi connectivity index (χ4v) is 2.53. The molecule has 0 heterocycles. The first kappa shape index (κ1) is 22.6. The first-order chi connectivity index (χ1) is 9.01. The van der Waals surface area contributed by atoms with Gasteiger partial charge in [-0.05, 0) is 18.1 Å². The zero-order valence-electron chi connectivity index (χ0n) is 14.0. The fourth-order valence-electron chi connectivity index (χ4n) is 0.865. The van der Waals surface area contributed by atoms with Gasteiger partial charge >= 0.3 is 8.25 Å². The third-order valence-corrected chi connectivity index (χ3v) is 8.26. The lowest BCUT2D eigenvalue weighted by molar-refractivity contribution is -0.0231. The molecule has 2 atom stereocenters. The van der Waals surface area contributed by atoms with E-state index in [1.54, 1.807) is 0 Å². The summed E-state index contributed by atoms with van der Waals surface area (Å²) in [5.41, 5.74) is 0. The van der Waals surface area contributed by atoms with E-state index < -0.39 is 22.9 Å². The van der Waals surface area contributed by atoms with E-state index in [1.165, 1.54) is 12.8 Å². The predicted octanol–water partition coefficient (Wildman–Crippen LogP) is 3.92. The molecule has 0 aromatic heterocycles. The number of hydrogen-bond donors (Lipinski definition) is 2. The molecule has 0 spiro atoms. The standard InChI is InChI=1S/C9H23O5PSi.C4H10/c1-9(2,3)16(4,5)14-8(6-7-10)13-15(11)12;1-3-4-2/h8,10,15H,6-7H2,1-5H3,(H,11,12);3-4H2,1-2H3. The summed E-state index contributed by atoms with van der Waals surface area (Å²) in [7, 11) is -5.08. The molecule has 2 unspecified atom stereocenters. The summed E-state index contributed by atoms with van der Waals surface area (Å²) in [5.74, 6) is 0. The molecule has 0 saturated heterocycles. The van der Waals surface area contributed by atoms with E-state index in [2.05, 4.69) is 34.6 Å². The SMILES string of the molecule is CC(C)(C)[Si](C)(C)OC(CCO)O[PH](=O)O.CCCC. The van der Waals surface area contributed by atoms with Gasteiger partial charge in [0.05, 0.1) is 0 Å². The smallest absolute Gasteiger partial charge is 0.318 e. The third kappa shape index (κ3) is 11.0. The number of aliphatic hydroxyl groups is 1. The van der Waals surface area contributed by atoms with Crippen LogP contribution in [-0.2, 0) is 13.5 Å². The lowest BCUT2D eigenvalue weighted by atomic mass is 10.2. The monoisotopic (exact) mass is 328 g/mol. The van der Waals surface area contributed by atoms with E-state index in [0.717, 1.165) is 0 Å². The highest BCUT2D eigenvalue weighted by atomic mass is 31.1. The first-order valence-corrected chi connectivity index (χ1v) is 11.4. The van der Waals surface area contributed by atoms with E-state index in [9.17, 15) is 4.57 Å². The van der Waals surface area contributed by atoms with Gasteiger partial charge in [-0.15, -0.1) is 0 Å². The molecule has 0 aromatic rings. The molecule has 0 radical (unpaired) electrons. The van der Waals surface area contributed by atoms with Crippen molar-refractivity contribution in [3.63, 3.8) is 0 Å². The summed E-state index contributed by atoms with van der Waals surface area (Å²) in [6.07, 6.45) is 2.06. The Labute approximate surface area is 125 Å². The zero-order valence-corrected chi connectivity index (χ0v) is 16.0. The van der Waals surface area contributed by atoms with Crippen LogP contribution in [0.15, 0.2) is 0 Å². The van der Waals surface area contributed by atoms with Crippen molar-refractivity contribution >= 4 is 16.6 Å². The molecule has 0 saturated carbocycles. The second-order valence-electron chi connectivity index (χ2n) is 6.20. The number of unbranched alkanes of at least 4 members (excludes halogenated alkanes) is 1. The topological polar surface area (TPSA) is 76.0 Å². The average Bonchev–Trinajstić information content (AvgIpc) is 2.26. The minimum absolute atomic E-state index is 0.00465. The van der Waals surface area contributed by atoms with Crippen LogP contribution in [-0.4, -0.2) is 31.2 Å². The Bertz CT molecular complexity index is 264. The van der Waals surface area contributed by atoms with Gasteiger partial charge in [0.25, 0.3) is 0 Å². The van der Waals surface area contributed by atoms with E-state index in [-0.39, 0.29) is 18.1 Å². The fraction of sp³-hybridized carbons (Fsp3) is 1.00. The van der Waals surface area contributed by atoms with Crippen LogP contribution in [0.3, 0.4) is 0 Å². The second kappa shape index (κ2) is 10.9. The Morgan fingerprint density at radius 2 is 1.65 bits per heavy atom. The maximum Gasteiger partial charge on any atom is 0.318 e. The summed E-state index contributed by atoms with van der Waals surface area (Å²) < 4.78 is 21.2. The molecule has 0 aliphatic carbocycles. The van der Waals surface area contributed by atoms with Crippen LogP contribution >= 0.6 is 8.25 Å². The molecule has 0 rings (SSSR count). The maximum absolute atomic E-state index is 10.6. The highest BCUT2D eigenvalue weighted by molar-refractivity contribution is 7.32. The Hall–Kier alpha value is 0.287. The van der Waals surface area contributed by atoms with Crippen LogP contribution in [0.1, 0.15) is 53.9 Å². The molecule has 0 aliphatic heterocycles. The third-order valence-electron chi connectivity index (χ3n) is 3.33. The molecule has 124 valence electrons. The van der Waals surface area contributed by atoms with Crippen molar-refractivity contribution in [3.8, 4) is 0 Å². The Kier molecular flexibility index (Phi) is 12.3. The van der Waals surface area contributed by atoms with Gasteiger partial charge in [-0.25, -0.2) is 0 Å². The van der Waals surface area contributed by atoms with Crippen LogP contribution < -0.4 is 0 Å². The predicted molar refractivity (Wildman–Crippen MR) is 86.7 cm³/mol. The number of aliphatic hydroxyl groups excluding tert-OH is 1. The molecule has 0 amide bonds. The van der Waals surface area contributed by atoms with Crippen LogP contribution in [0.4, 0.5) is 0 Å². The lowest BCUT2D eigenvalue weighted by Gasteiger charge is -2.38. The van der Waals surface area contributed by atoms with Crippen molar-refractivity contribution in [3.05, 3.63) is 0 Å². The normalized spacial score (nSPS) is 15.2. The summed E-state index contributed by atoms with van der Waals surface area (Å²) in [6, 6.07) is 0. The first-order valence-electron chi connectivity index (χ1n) is 7.20. The average molecular weight is 328 g/mol. The molecule has 2 N–H and O–H groups in total. The van der Waals surface area contributed by atoms with Gasteiger partial charge in [0.15, 0.2) is 14.6 Å². The van der Waals surface area contributed by atoms with Gasteiger partial charge in [0.1, 0.15) is 0 Å². The minimum Gasteiger partial charge on any atom is -0.396 e. The molecule has 7 heteroatoms. The highest BCUT2D eigenvalue weighted by Crippen LogP contribution is 2.38. The Morgan fingerprint density at radius 1 is 1.20 bits per heavy atom. The number of rotatable bonds is 7. The van der Waals surface area contributed by atoms with Gasteiger partial charge in [-0.1, -0.05) is 47.5 Å². The van der Waals surface area contributed by atoms with Gasteiger partial charge in [-0.3, -0.25) is 9.09 Å². The van der Waals surface area contributed by atoms with Crippen molar-refractivity contribution in [2.75, 3.05) is 6.61 Å². The molecule has 0 bridgehead atoms. The summed E-state index contributed by atoms with van der Waals surface area (Å²) in [4.78, 5) is 8.73. The second-order valence-corrected chi connectivity index (χ2v) is 11.7. The highest BCUT2D eigenvalue weighted by Gasteiger charge is 2.39. The van der Waals surface area contributed by atoms with E-state index in [4.69, 9.17) is 18.9 Å². The summed E-state index contributed by atoms with van der Waals surface area (Å²) in [5, 5.41) is 8.83. The Morgan fingerprint density at radius 3 is 1.90 bits per heavy atom. The molecule has 0 fully saturated rings. The van der Waals surface area contributed by atoms with Gasteiger partial charge in [-0.2, -0.15) is 0 Å². The summed E-state index contributed by atoms with van der Waals surface area (Å²) >= 11 is 0. The zero-order chi connectivity index (χ0) is 16.4. The van der Waals surface area contributed by atoms with Gasteiger partial charge in [0, 0.05) is 13.0 Å². The molecular formula is C13H33O5PSi. The van der Waals surface area contributed by atoms with E-state index >= 15 is 0 Å². The van der Waals surface area contributed by atoms with Gasteiger partial charge < -0.3 is 14.4 Å². The van der Waals surface area contributed by atoms with Crippen molar-refractivity contribution < 1.29 is 23.5 Å².